The van der Waals surface area contributed by atoms with Crippen LogP contribution in [0.3, 0.4) is 0 Å². The lowest BCUT2D eigenvalue weighted by molar-refractivity contribution is -0.127. The topological polar surface area (TPSA) is 62.2 Å². The molecular weight excluding hydrogens is 272 g/mol. The molecule has 0 atom stereocenters. The predicted molar refractivity (Wildman–Crippen MR) is 80.9 cm³/mol. The van der Waals surface area contributed by atoms with Crippen molar-refractivity contribution in [2.24, 2.45) is 0 Å². The van der Waals surface area contributed by atoms with E-state index in [2.05, 4.69) is 17.2 Å². The van der Waals surface area contributed by atoms with Crippen LogP contribution in [0.5, 0.6) is 0 Å². The quantitative estimate of drug-likeness (QED) is 0.847. The first kappa shape index (κ1) is 15.4. The lowest BCUT2D eigenvalue weighted by atomic mass is 9.82. The molecule has 1 heterocycles. The van der Waals surface area contributed by atoms with Crippen molar-refractivity contribution in [2.75, 3.05) is 6.54 Å². The first-order valence-corrected chi connectivity index (χ1v) is 8.35. The normalized spacial score (nSPS) is 17.9. The highest BCUT2D eigenvalue weighted by Gasteiger charge is 2.31. The Labute approximate surface area is 124 Å². The molecule has 1 amide bonds. The fourth-order valence-corrected chi connectivity index (χ4v) is 3.55. The summed E-state index contributed by atoms with van der Waals surface area (Å²) < 4.78 is 0. The Morgan fingerprint density at radius 1 is 1.45 bits per heavy atom. The zero-order valence-corrected chi connectivity index (χ0v) is 13.0. The molecule has 0 aromatic carbocycles. The Balaban J connectivity index is 1.69. The molecule has 1 fully saturated rings. The van der Waals surface area contributed by atoms with E-state index in [0.29, 0.717) is 6.54 Å². The van der Waals surface area contributed by atoms with Crippen LogP contribution in [0, 0.1) is 0 Å². The monoisotopic (exact) mass is 296 g/mol. The van der Waals surface area contributed by atoms with Crippen LogP contribution >= 0.6 is 11.3 Å². The Kier molecular flexibility index (Phi) is 5.54. The smallest absolute Gasteiger partial charge is 0.222 e. The number of carbonyl (C=O) groups excluding carboxylic acids is 1. The van der Waals surface area contributed by atoms with Gasteiger partial charge in [-0.3, -0.25) is 4.79 Å². The van der Waals surface area contributed by atoms with Crippen LogP contribution in [0.4, 0.5) is 0 Å². The first-order chi connectivity index (χ1) is 9.61. The molecule has 1 aliphatic rings. The van der Waals surface area contributed by atoms with Crippen LogP contribution in [0.25, 0.3) is 0 Å². The Hall–Kier alpha value is -0.940. The number of aliphatic hydroxyl groups is 1. The third-order valence-electron chi connectivity index (χ3n) is 3.88. The van der Waals surface area contributed by atoms with E-state index in [0.717, 1.165) is 43.5 Å². The van der Waals surface area contributed by atoms with E-state index in [4.69, 9.17) is 0 Å². The number of hydrogen-bond donors (Lipinski definition) is 2. The fourth-order valence-electron chi connectivity index (χ4n) is 2.68. The van der Waals surface area contributed by atoms with Crippen molar-refractivity contribution in [3.63, 3.8) is 0 Å². The number of aryl methyl sites for hydroxylation is 1. The molecule has 0 radical (unpaired) electrons. The second-order valence-electron chi connectivity index (χ2n) is 5.64. The van der Waals surface area contributed by atoms with Crippen molar-refractivity contribution in [1.82, 2.24) is 10.3 Å². The number of carbonyl (C=O) groups is 1. The summed E-state index contributed by atoms with van der Waals surface area (Å²) >= 11 is 1.71. The lowest BCUT2D eigenvalue weighted by Crippen LogP contribution is -2.38. The van der Waals surface area contributed by atoms with Crippen LogP contribution in [0.2, 0.25) is 0 Å². The summed E-state index contributed by atoms with van der Waals surface area (Å²) in [7, 11) is 0. The average Bonchev–Trinajstić information content (AvgIpc) is 2.87. The minimum absolute atomic E-state index is 0.0401. The minimum Gasteiger partial charge on any atom is -0.389 e. The summed E-state index contributed by atoms with van der Waals surface area (Å²) in [5, 5.41) is 14.3. The second kappa shape index (κ2) is 7.18. The van der Waals surface area contributed by atoms with Crippen LogP contribution in [0.1, 0.15) is 55.3 Å². The van der Waals surface area contributed by atoms with Gasteiger partial charge in [-0.25, -0.2) is 4.98 Å². The molecule has 0 spiro atoms. The average molecular weight is 296 g/mol. The van der Waals surface area contributed by atoms with Gasteiger partial charge in [0.15, 0.2) is 0 Å². The van der Waals surface area contributed by atoms with Crippen LogP contribution in [0.15, 0.2) is 6.20 Å². The standard InChI is InChI=1S/C15H24N2O2S/c1-2-12-11-17-14(20-12)6-9-16-13(18)10-15(19)7-4-3-5-8-15/h11,19H,2-10H2,1H3,(H,16,18). The fraction of sp³-hybridized carbons (Fsp3) is 0.733. The van der Waals surface area contributed by atoms with E-state index in [9.17, 15) is 9.90 Å². The molecular formula is C15H24N2O2S. The number of nitrogens with zero attached hydrogens (tertiary/aromatic N) is 1. The molecule has 1 aromatic rings. The molecule has 2 rings (SSSR count). The van der Waals surface area contributed by atoms with Crippen molar-refractivity contribution in [1.29, 1.82) is 0 Å². The minimum atomic E-state index is -0.765. The number of hydrogen-bond acceptors (Lipinski definition) is 4. The van der Waals surface area contributed by atoms with Gasteiger partial charge in [0.25, 0.3) is 0 Å². The van der Waals surface area contributed by atoms with Gasteiger partial charge in [0.05, 0.1) is 17.0 Å². The SMILES string of the molecule is CCc1cnc(CCNC(=O)CC2(O)CCCCC2)s1. The van der Waals surface area contributed by atoms with Crippen LogP contribution < -0.4 is 5.32 Å². The second-order valence-corrected chi connectivity index (χ2v) is 6.84. The summed E-state index contributed by atoms with van der Waals surface area (Å²) in [5.74, 6) is -0.0401. The van der Waals surface area contributed by atoms with Crippen molar-refractivity contribution in [3.05, 3.63) is 16.1 Å². The molecule has 5 heteroatoms. The molecule has 1 aliphatic carbocycles. The molecule has 0 aliphatic heterocycles. The summed E-state index contributed by atoms with van der Waals surface area (Å²) in [6.45, 7) is 2.72. The number of rotatable bonds is 6. The lowest BCUT2D eigenvalue weighted by Gasteiger charge is -2.31. The van der Waals surface area contributed by atoms with E-state index < -0.39 is 5.60 Å². The van der Waals surface area contributed by atoms with Crippen molar-refractivity contribution < 1.29 is 9.90 Å². The number of amides is 1. The van der Waals surface area contributed by atoms with Gasteiger partial charge in [0, 0.05) is 24.0 Å². The van der Waals surface area contributed by atoms with Gasteiger partial charge in [0.2, 0.25) is 5.91 Å². The molecule has 4 nitrogen and oxygen atoms in total. The van der Waals surface area contributed by atoms with Gasteiger partial charge in [0.1, 0.15) is 0 Å². The molecule has 1 aromatic heterocycles. The van der Waals surface area contributed by atoms with Gasteiger partial charge in [-0.15, -0.1) is 11.3 Å². The number of aromatic nitrogens is 1. The summed E-state index contributed by atoms with van der Waals surface area (Å²) in [6.07, 6.45) is 8.68. The van der Waals surface area contributed by atoms with Crippen LogP contribution in [-0.4, -0.2) is 28.1 Å². The van der Waals surface area contributed by atoms with E-state index in [-0.39, 0.29) is 12.3 Å². The summed E-state index contributed by atoms with van der Waals surface area (Å²) in [6, 6.07) is 0. The maximum atomic E-state index is 11.9. The maximum absolute atomic E-state index is 11.9. The van der Waals surface area contributed by atoms with Gasteiger partial charge >= 0.3 is 0 Å². The molecule has 0 saturated heterocycles. The molecule has 2 N–H and O–H groups in total. The van der Waals surface area contributed by atoms with Crippen molar-refractivity contribution in [2.45, 2.75) is 63.9 Å². The van der Waals surface area contributed by atoms with Crippen molar-refractivity contribution >= 4 is 17.2 Å². The zero-order chi connectivity index (χ0) is 14.4. The largest absolute Gasteiger partial charge is 0.389 e. The molecule has 20 heavy (non-hydrogen) atoms. The number of nitrogens with one attached hydrogen (secondary N) is 1. The Bertz CT molecular complexity index is 439. The third kappa shape index (κ3) is 4.56. The third-order valence-corrected chi connectivity index (χ3v) is 5.09. The van der Waals surface area contributed by atoms with E-state index >= 15 is 0 Å². The molecule has 1 saturated carbocycles. The highest BCUT2D eigenvalue weighted by molar-refractivity contribution is 7.11. The van der Waals surface area contributed by atoms with E-state index in [1.54, 1.807) is 11.3 Å². The molecule has 0 bridgehead atoms. The van der Waals surface area contributed by atoms with E-state index in [1.165, 1.54) is 11.3 Å². The van der Waals surface area contributed by atoms with Crippen LogP contribution in [-0.2, 0) is 17.6 Å². The van der Waals surface area contributed by atoms with Gasteiger partial charge in [-0.05, 0) is 19.3 Å². The zero-order valence-electron chi connectivity index (χ0n) is 12.2. The Morgan fingerprint density at radius 2 is 2.20 bits per heavy atom. The Morgan fingerprint density at radius 3 is 2.85 bits per heavy atom. The summed E-state index contributed by atoms with van der Waals surface area (Å²) in [5.41, 5.74) is -0.765. The maximum Gasteiger partial charge on any atom is 0.222 e. The summed E-state index contributed by atoms with van der Waals surface area (Å²) in [4.78, 5) is 17.5. The highest BCUT2D eigenvalue weighted by atomic mass is 32.1. The van der Waals surface area contributed by atoms with Gasteiger partial charge in [-0.1, -0.05) is 26.2 Å². The predicted octanol–water partition coefficient (Wildman–Crippen LogP) is 2.45. The molecule has 0 unspecified atom stereocenters. The highest BCUT2D eigenvalue weighted by Crippen LogP contribution is 2.30. The molecule has 112 valence electrons. The first-order valence-electron chi connectivity index (χ1n) is 7.54. The number of thiazole rings is 1. The van der Waals surface area contributed by atoms with Gasteiger partial charge in [-0.2, -0.15) is 0 Å². The van der Waals surface area contributed by atoms with Crippen molar-refractivity contribution in [3.8, 4) is 0 Å². The van der Waals surface area contributed by atoms with E-state index in [1.807, 2.05) is 6.20 Å². The van der Waals surface area contributed by atoms with Gasteiger partial charge < -0.3 is 10.4 Å².